The minimum Gasteiger partial charge on any atom is -0.339 e. The van der Waals surface area contributed by atoms with Crippen LogP contribution in [0.1, 0.15) is 29.8 Å². The number of amides is 1. The minimum atomic E-state index is -3.20. The standard InChI is InChI=1S/C23H29N7O3S/c1-15-16(2)28-30(17(15)3)22-10-9-21(26-27-22)24-19-5-7-20(8-6-19)25-23(31)18-11-13-29(14-12-18)34(4,32)33/h5-10,18H,11-14H2,1-4H3,(H,24,26)(H,25,31). The summed E-state index contributed by atoms with van der Waals surface area (Å²) >= 11 is 0. The summed E-state index contributed by atoms with van der Waals surface area (Å²) in [5, 5.41) is 19.2. The van der Waals surface area contributed by atoms with E-state index < -0.39 is 10.0 Å². The van der Waals surface area contributed by atoms with Gasteiger partial charge < -0.3 is 10.6 Å². The number of nitrogens with one attached hydrogen (secondary N) is 2. The van der Waals surface area contributed by atoms with Gasteiger partial charge in [0.05, 0.1) is 11.9 Å². The van der Waals surface area contributed by atoms with Crippen LogP contribution >= 0.6 is 0 Å². The van der Waals surface area contributed by atoms with Gasteiger partial charge in [0.1, 0.15) is 0 Å². The maximum Gasteiger partial charge on any atom is 0.227 e. The van der Waals surface area contributed by atoms with Crippen molar-refractivity contribution < 1.29 is 13.2 Å². The molecule has 180 valence electrons. The van der Waals surface area contributed by atoms with Crippen molar-refractivity contribution in [2.75, 3.05) is 30.0 Å². The fraction of sp³-hybridized carbons (Fsp3) is 0.391. The summed E-state index contributed by atoms with van der Waals surface area (Å²) in [4.78, 5) is 12.6. The maximum absolute atomic E-state index is 12.6. The first-order valence-corrected chi connectivity index (χ1v) is 13.0. The van der Waals surface area contributed by atoms with Crippen LogP contribution in [0.3, 0.4) is 0 Å². The highest BCUT2D eigenvalue weighted by Gasteiger charge is 2.28. The Hall–Kier alpha value is -3.31. The van der Waals surface area contributed by atoms with E-state index in [2.05, 4.69) is 25.9 Å². The van der Waals surface area contributed by atoms with Crippen molar-refractivity contribution in [3.8, 4) is 5.82 Å². The Labute approximate surface area is 199 Å². The number of anilines is 3. The van der Waals surface area contributed by atoms with Crippen molar-refractivity contribution in [1.29, 1.82) is 0 Å². The van der Waals surface area contributed by atoms with Gasteiger partial charge in [-0.25, -0.2) is 17.4 Å². The lowest BCUT2D eigenvalue weighted by Crippen LogP contribution is -2.40. The third-order valence-electron chi connectivity index (χ3n) is 6.24. The molecule has 0 saturated carbocycles. The molecule has 1 aliphatic rings. The Morgan fingerprint density at radius 1 is 0.971 bits per heavy atom. The summed E-state index contributed by atoms with van der Waals surface area (Å²) in [6.45, 7) is 6.75. The van der Waals surface area contributed by atoms with E-state index in [1.165, 1.54) is 10.6 Å². The lowest BCUT2D eigenvalue weighted by Gasteiger charge is -2.29. The molecule has 1 fully saturated rings. The fourth-order valence-electron chi connectivity index (χ4n) is 3.93. The fourth-order valence-corrected chi connectivity index (χ4v) is 4.80. The van der Waals surface area contributed by atoms with Gasteiger partial charge in [-0.1, -0.05) is 0 Å². The number of carbonyl (C=O) groups excluding carboxylic acids is 1. The first kappa shape index (κ1) is 23.8. The van der Waals surface area contributed by atoms with Gasteiger partial charge >= 0.3 is 0 Å². The van der Waals surface area contributed by atoms with Gasteiger partial charge in [0.15, 0.2) is 11.6 Å². The quantitative estimate of drug-likeness (QED) is 0.553. The molecule has 0 radical (unpaired) electrons. The molecule has 2 N–H and O–H groups in total. The molecule has 3 heterocycles. The second-order valence-corrected chi connectivity index (χ2v) is 10.6. The highest BCUT2D eigenvalue weighted by molar-refractivity contribution is 7.88. The average molecular weight is 484 g/mol. The molecule has 11 heteroatoms. The van der Waals surface area contributed by atoms with Crippen molar-refractivity contribution in [2.24, 2.45) is 5.92 Å². The van der Waals surface area contributed by atoms with Crippen molar-refractivity contribution in [1.82, 2.24) is 24.3 Å². The summed E-state index contributed by atoms with van der Waals surface area (Å²) < 4.78 is 26.5. The molecular weight excluding hydrogens is 454 g/mol. The second kappa shape index (κ2) is 9.51. The lowest BCUT2D eigenvalue weighted by molar-refractivity contribution is -0.120. The van der Waals surface area contributed by atoms with Gasteiger partial charge in [0, 0.05) is 36.1 Å². The molecule has 3 aromatic rings. The smallest absolute Gasteiger partial charge is 0.227 e. The maximum atomic E-state index is 12.6. The third-order valence-corrected chi connectivity index (χ3v) is 7.54. The van der Waals surface area contributed by atoms with Gasteiger partial charge in [0.25, 0.3) is 0 Å². The van der Waals surface area contributed by atoms with Crippen LogP contribution in [0.25, 0.3) is 5.82 Å². The largest absolute Gasteiger partial charge is 0.339 e. The molecule has 2 aromatic heterocycles. The number of benzene rings is 1. The van der Waals surface area contributed by atoms with Crippen molar-refractivity contribution >= 4 is 33.1 Å². The summed E-state index contributed by atoms with van der Waals surface area (Å²) in [6, 6.07) is 11.0. The first-order chi connectivity index (χ1) is 16.1. The number of aryl methyl sites for hydroxylation is 1. The van der Waals surface area contributed by atoms with E-state index >= 15 is 0 Å². The predicted molar refractivity (Wildman–Crippen MR) is 131 cm³/mol. The van der Waals surface area contributed by atoms with Crippen LogP contribution in [0, 0.1) is 26.7 Å². The molecule has 10 nitrogen and oxygen atoms in total. The van der Waals surface area contributed by atoms with Gasteiger partial charge in [0.2, 0.25) is 15.9 Å². The molecule has 1 amide bonds. The highest BCUT2D eigenvalue weighted by atomic mass is 32.2. The van der Waals surface area contributed by atoms with E-state index in [1.807, 2.05) is 57.2 Å². The monoisotopic (exact) mass is 483 g/mol. The molecule has 1 aromatic carbocycles. The van der Waals surface area contributed by atoms with Crippen LogP contribution in [-0.2, 0) is 14.8 Å². The van der Waals surface area contributed by atoms with Gasteiger partial charge in [-0.15, -0.1) is 10.2 Å². The van der Waals surface area contributed by atoms with Crippen molar-refractivity contribution in [3.63, 3.8) is 0 Å². The Bertz CT molecular complexity index is 1280. The number of hydrogen-bond acceptors (Lipinski definition) is 7. The van der Waals surface area contributed by atoms with E-state index in [4.69, 9.17) is 0 Å². The van der Waals surface area contributed by atoms with Crippen molar-refractivity contribution in [2.45, 2.75) is 33.6 Å². The molecule has 0 spiro atoms. The number of nitrogens with zero attached hydrogens (tertiary/aromatic N) is 5. The number of sulfonamides is 1. The van der Waals surface area contributed by atoms with E-state index in [0.29, 0.717) is 43.3 Å². The Balaban J connectivity index is 1.33. The van der Waals surface area contributed by atoms with Gasteiger partial charge in [-0.3, -0.25) is 4.79 Å². The summed E-state index contributed by atoms with van der Waals surface area (Å²) in [6.07, 6.45) is 2.24. The molecule has 0 unspecified atom stereocenters. The zero-order chi connectivity index (χ0) is 24.5. The molecule has 0 bridgehead atoms. The topological polar surface area (TPSA) is 122 Å². The van der Waals surface area contributed by atoms with E-state index in [-0.39, 0.29) is 11.8 Å². The molecule has 0 atom stereocenters. The summed E-state index contributed by atoms with van der Waals surface area (Å²) in [5.41, 5.74) is 4.63. The van der Waals surface area contributed by atoms with Crippen LogP contribution in [0.15, 0.2) is 36.4 Å². The lowest BCUT2D eigenvalue weighted by atomic mass is 9.97. The molecule has 1 saturated heterocycles. The van der Waals surface area contributed by atoms with Gasteiger partial charge in [-0.05, 0) is 75.6 Å². The van der Waals surface area contributed by atoms with Crippen LogP contribution in [0.5, 0.6) is 0 Å². The van der Waals surface area contributed by atoms with Gasteiger partial charge in [-0.2, -0.15) is 5.10 Å². The summed E-state index contributed by atoms with van der Waals surface area (Å²) in [5.74, 6) is 0.960. The second-order valence-electron chi connectivity index (χ2n) is 8.61. The predicted octanol–water partition coefficient (Wildman–Crippen LogP) is 2.94. The molecular formula is C23H29N7O3S. The molecule has 4 rings (SSSR count). The Morgan fingerprint density at radius 3 is 2.15 bits per heavy atom. The van der Waals surface area contributed by atoms with E-state index in [0.717, 1.165) is 22.6 Å². The first-order valence-electron chi connectivity index (χ1n) is 11.1. The normalized spacial score (nSPS) is 15.3. The number of aromatic nitrogens is 4. The number of piperidine rings is 1. The van der Waals surface area contributed by atoms with Crippen LogP contribution in [0.2, 0.25) is 0 Å². The number of rotatable bonds is 6. The molecule has 1 aliphatic heterocycles. The van der Waals surface area contributed by atoms with Crippen molar-refractivity contribution in [3.05, 3.63) is 53.3 Å². The molecule has 0 aliphatic carbocycles. The molecule has 34 heavy (non-hydrogen) atoms. The van der Waals surface area contributed by atoms with Crippen LogP contribution in [-0.4, -0.2) is 58.0 Å². The highest BCUT2D eigenvalue weighted by Crippen LogP contribution is 2.23. The van der Waals surface area contributed by atoms with E-state index in [1.54, 1.807) is 4.68 Å². The Morgan fingerprint density at radius 2 is 1.62 bits per heavy atom. The summed E-state index contributed by atoms with van der Waals surface area (Å²) in [7, 11) is -3.20. The number of carbonyl (C=O) groups is 1. The average Bonchev–Trinajstić information content (AvgIpc) is 3.07. The van der Waals surface area contributed by atoms with Crippen LogP contribution in [0.4, 0.5) is 17.2 Å². The Kier molecular flexibility index (Phi) is 6.67. The van der Waals surface area contributed by atoms with Crippen LogP contribution < -0.4 is 10.6 Å². The number of hydrogen-bond donors (Lipinski definition) is 2. The van der Waals surface area contributed by atoms with E-state index in [9.17, 15) is 13.2 Å². The zero-order valence-electron chi connectivity index (χ0n) is 19.7. The SMILES string of the molecule is Cc1nn(-c2ccc(Nc3ccc(NC(=O)C4CCN(S(C)(=O)=O)CC4)cc3)nn2)c(C)c1C. The third kappa shape index (κ3) is 5.26. The minimum absolute atomic E-state index is 0.0882. The zero-order valence-corrected chi connectivity index (χ0v) is 20.6.